The molecule has 1 atom stereocenters. The zero-order valence-corrected chi connectivity index (χ0v) is 9.40. The summed E-state index contributed by atoms with van der Waals surface area (Å²) in [6.07, 6.45) is 1.55. The van der Waals surface area contributed by atoms with Crippen LogP contribution in [0.1, 0.15) is 13.3 Å². The first-order valence-corrected chi connectivity index (χ1v) is 4.73. The van der Waals surface area contributed by atoms with Crippen molar-refractivity contribution in [1.29, 1.82) is 0 Å². The molecule has 0 heterocycles. The highest BCUT2D eigenvalue weighted by atomic mass is 16.4. The molecule has 0 radical (unpaired) electrons. The third-order valence-corrected chi connectivity index (χ3v) is 1.95. The minimum atomic E-state index is -1.13. The molecule has 90 valence electrons. The van der Waals surface area contributed by atoms with Crippen molar-refractivity contribution in [2.45, 2.75) is 19.4 Å². The maximum Gasteiger partial charge on any atom is 0.326 e. The van der Waals surface area contributed by atoms with E-state index >= 15 is 0 Å². The van der Waals surface area contributed by atoms with Crippen molar-refractivity contribution in [2.75, 3.05) is 13.6 Å². The molecule has 6 heteroatoms. The van der Waals surface area contributed by atoms with Gasteiger partial charge in [-0.3, -0.25) is 9.59 Å². The normalized spacial score (nSPS) is 11.4. The molecule has 16 heavy (non-hydrogen) atoms. The Kier molecular flexibility index (Phi) is 5.84. The van der Waals surface area contributed by atoms with Crippen LogP contribution < -0.4 is 5.32 Å². The Morgan fingerprint density at radius 1 is 1.50 bits per heavy atom. The Bertz CT molecular complexity index is 301. The third-order valence-electron chi connectivity index (χ3n) is 1.95. The summed E-state index contributed by atoms with van der Waals surface area (Å²) in [6, 6.07) is -0.995. The lowest BCUT2D eigenvalue weighted by molar-refractivity contribution is -0.142. The van der Waals surface area contributed by atoms with Gasteiger partial charge in [0, 0.05) is 14.0 Å². The standard InChI is InChI=1S/C10H16N2O4/c1-4-5-8(10(15)16)11-9(14)6-12(3)7(2)13/h4,8H,1,5-6H2,2-3H3,(H,11,14)(H,15,16). The van der Waals surface area contributed by atoms with Gasteiger partial charge in [-0.25, -0.2) is 4.79 Å². The number of hydrogen-bond acceptors (Lipinski definition) is 3. The Morgan fingerprint density at radius 3 is 2.44 bits per heavy atom. The van der Waals surface area contributed by atoms with Crippen LogP contribution in [0.15, 0.2) is 12.7 Å². The van der Waals surface area contributed by atoms with Crippen molar-refractivity contribution in [3.8, 4) is 0 Å². The highest BCUT2D eigenvalue weighted by Crippen LogP contribution is 1.94. The zero-order chi connectivity index (χ0) is 12.7. The Morgan fingerprint density at radius 2 is 2.06 bits per heavy atom. The lowest BCUT2D eigenvalue weighted by Gasteiger charge is -2.17. The number of aliphatic carboxylic acids is 1. The summed E-state index contributed by atoms with van der Waals surface area (Å²) in [4.78, 5) is 34.1. The van der Waals surface area contributed by atoms with Crippen LogP contribution in [-0.4, -0.2) is 47.4 Å². The van der Waals surface area contributed by atoms with Crippen LogP contribution in [0.3, 0.4) is 0 Å². The molecule has 0 aliphatic carbocycles. The molecule has 1 unspecified atom stereocenters. The molecule has 0 saturated carbocycles. The van der Waals surface area contributed by atoms with Crippen molar-refractivity contribution in [3.63, 3.8) is 0 Å². The predicted octanol–water partition coefficient (Wildman–Crippen LogP) is -0.390. The summed E-state index contributed by atoms with van der Waals surface area (Å²) >= 11 is 0. The number of rotatable bonds is 6. The number of carbonyl (C=O) groups is 3. The minimum absolute atomic E-state index is 0.144. The fourth-order valence-electron chi connectivity index (χ4n) is 0.955. The summed E-state index contributed by atoms with van der Waals surface area (Å²) in [5, 5.41) is 11.1. The molecule has 0 fully saturated rings. The van der Waals surface area contributed by atoms with Crippen LogP contribution in [0.25, 0.3) is 0 Å². The summed E-state index contributed by atoms with van der Waals surface area (Å²) in [7, 11) is 1.46. The number of carboxylic acid groups (broad SMARTS) is 1. The van der Waals surface area contributed by atoms with E-state index in [1.54, 1.807) is 0 Å². The molecule has 0 aliphatic rings. The van der Waals surface area contributed by atoms with Crippen LogP contribution in [0.2, 0.25) is 0 Å². The van der Waals surface area contributed by atoms with Crippen LogP contribution in [-0.2, 0) is 14.4 Å². The minimum Gasteiger partial charge on any atom is -0.480 e. The van der Waals surface area contributed by atoms with Gasteiger partial charge in [0.2, 0.25) is 11.8 Å². The molecule has 0 saturated heterocycles. The van der Waals surface area contributed by atoms with E-state index in [-0.39, 0.29) is 18.9 Å². The van der Waals surface area contributed by atoms with Gasteiger partial charge in [0.15, 0.2) is 0 Å². The first-order valence-electron chi connectivity index (χ1n) is 4.73. The zero-order valence-electron chi connectivity index (χ0n) is 9.40. The van der Waals surface area contributed by atoms with E-state index in [1.165, 1.54) is 24.9 Å². The number of nitrogens with zero attached hydrogens (tertiary/aromatic N) is 1. The topological polar surface area (TPSA) is 86.7 Å². The number of carbonyl (C=O) groups excluding carboxylic acids is 2. The van der Waals surface area contributed by atoms with E-state index in [4.69, 9.17) is 5.11 Å². The van der Waals surface area contributed by atoms with Crippen LogP contribution >= 0.6 is 0 Å². The molecule has 6 nitrogen and oxygen atoms in total. The van der Waals surface area contributed by atoms with Gasteiger partial charge in [-0.15, -0.1) is 6.58 Å². The van der Waals surface area contributed by atoms with Gasteiger partial charge in [0.05, 0.1) is 6.54 Å². The van der Waals surface area contributed by atoms with E-state index in [0.29, 0.717) is 0 Å². The molecular formula is C10H16N2O4. The van der Waals surface area contributed by atoms with Gasteiger partial charge >= 0.3 is 5.97 Å². The average molecular weight is 228 g/mol. The van der Waals surface area contributed by atoms with Gasteiger partial charge in [0.1, 0.15) is 6.04 Å². The van der Waals surface area contributed by atoms with E-state index in [0.717, 1.165) is 0 Å². The Labute approximate surface area is 93.9 Å². The van der Waals surface area contributed by atoms with Crippen molar-refractivity contribution >= 4 is 17.8 Å². The van der Waals surface area contributed by atoms with Crippen LogP contribution in [0.4, 0.5) is 0 Å². The first kappa shape index (κ1) is 14.2. The molecule has 2 N–H and O–H groups in total. The van der Waals surface area contributed by atoms with E-state index in [2.05, 4.69) is 11.9 Å². The van der Waals surface area contributed by atoms with Gasteiger partial charge in [-0.05, 0) is 6.42 Å². The van der Waals surface area contributed by atoms with Gasteiger partial charge in [-0.1, -0.05) is 6.08 Å². The fraction of sp³-hybridized carbons (Fsp3) is 0.500. The van der Waals surface area contributed by atoms with Crippen LogP contribution in [0, 0.1) is 0 Å². The highest BCUT2D eigenvalue weighted by molar-refractivity contribution is 5.87. The van der Waals surface area contributed by atoms with Crippen LogP contribution in [0.5, 0.6) is 0 Å². The second kappa shape index (κ2) is 6.60. The summed E-state index contributed by atoms with van der Waals surface area (Å²) in [5.74, 6) is -1.89. The summed E-state index contributed by atoms with van der Waals surface area (Å²) in [6.45, 7) is 4.57. The first-order chi connectivity index (χ1) is 7.38. The van der Waals surface area contributed by atoms with E-state index < -0.39 is 17.9 Å². The number of amides is 2. The smallest absolute Gasteiger partial charge is 0.326 e. The molecule has 0 rings (SSSR count). The Balaban J connectivity index is 4.24. The molecule has 2 amide bonds. The second-order valence-corrected chi connectivity index (χ2v) is 3.36. The monoisotopic (exact) mass is 228 g/mol. The molecule has 0 aliphatic heterocycles. The molecule has 0 spiro atoms. The highest BCUT2D eigenvalue weighted by Gasteiger charge is 2.19. The molecular weight excluding hydrogens is 212 g/mol. The van der Waals surface area contributed by atoms with Crippen molar-refractivity contribution in [3.05, 3.63) is 12.7 Å². The van der Waals surface area contributed by atoms with Crippen molar-refractivity contribution < 1.29 is 19.5 Å². The quantitative estimate of drug-likeness (QED) is 0.606. The van der Waals surface area contributed by atoms with E-state index in [1.807, 2.05) is 0 Å². The number of carboxylic acids is 1. The SMILES string of the molecule is C=CCC(NC(=O)CN(C)C(C)=O)C(=O)O. The second-order valence-electron chi connectivity index (χ2n) is 3.36. The Hall–Kier alpha value is -1.85. The lowest BCUT2D eigenvalue weighted by atomic mass is 10.2. The lowest BCUT2D eigenvalue weighted by Crippen LogP contribution is -2.45. The number of likely N-dealkylation sites (N-methyl/N-ethyl adjacent to an activating group) is 1. The molecule has 0 aromatic carbocycles. The average Bonchev–Trinajstić information content (AvgIpc) is 2.16. The molecule has 0 aromatic rings. The van der Waals surface area contributed by atoms with Gasteiger partial charge < -0.3 is 15.3 Å². The molecule has 0 bridgehead atoms. The fourth-order valence-corrected chi connectivity index (χ4v) is 0.955. The van der Waals surface area contributed by atoms with Crippen molar-refractivity contribution in [1.82, 2.24) is 10.2 Å². The van der Waals surface area contributed by atoms with Crippen molar-refractivity contribution in [2.24, 2.45) is 0 Å². The number of nitrogens with one attached hydrogen (secondary N) is 1. The molecule has 0 aromatic heterocycles. The van der Waals surface area contributed by atoms with Gasteiger partial charge in [0.25, 0.3) is 0 Å². The van der Waals surface area contributed by atoms with Gasteiger partial charge in [-0.2, -0.15) is 0 Å². The summed E-state index contributed by atoms with van der Waals surface area (Å²) < 4.78 is 0. The largest absolute Gasteiger partial charge is 0.480 e. The maximum absolute atomic E-state index is 11.3. The number of hydrogen-bond donors (Lipinski definition) is 2. The summed E-state index contributed by atoms with van der Waals surface area (Å²) in [5.41, 5.74) is 0. The predicted molar refractivity (Wildman–Crippen MR) is 57.7 cm³/mol. The third kappa shape index (κ3) is 5.14. The maximum atomic E-state index is 11.3. The van der Waals surface area contributed by atoms with E-state index in [9.17, 15) is 14.4 Å².